The summed E-state index contributed by atoms with van der Waals surface area (Å²) in [7, 11) is 0. The molecule has 0 fully saturated rings. The van der Waals surface area contributed by atoms with Crippen LogP contribution in [0.25, 0.3) is 11.1 Å². The fraction of sp³-hybridized carbons (Fsp3) is 0.500. The minimum Gasteiger partial charge on any atom is -0.205 e. The summed E-state index contributed by atoms with van der Waals surface area (Å²) in [4.78, 5) is 0. The quantitative estimate of drug-likeness (QED) is 0.477. The average Bonchev–Trinajstić information content (AvgIpc) is 2.56. The molecule has 0 saturated carbocycles. The van der Waals surface area contributed by atoms with Crippen molar-refractivity contribution in [2.24, 2.45) is 0 Å². The summed E-state index contributed by atoms with van der Waals surface area (Å²) >= 11 is 0. The lowest BCUT2D eigenvalue weighted by Gasteiger charge is -2.03. The van der Waals surface area contributed by atoms with Crippen LogP contribution in [0.5, 0.6) is 0 Å². The van der Waals surface area contributed by atoms with Gasteiger partial charge in [0.05, 0.1) is 0 Å². The van der Waals surface area contributed by atoms with Gasteiger partial charge in [0.1, 0.15) is 13.1 Å². The SMILES string of the molecule is CCCCC[n+]1ccc(-c2cc[n+](CCCCC)cc2F)cc1. The predicted octanol–water partition coefficient (Wildman–Crippen LogP) is 4.45. The van der Waals surface area contributed by atoms with Crippen molar-refractivity contribution in [1.82, 2.24) is 0 Å². The number of rotatable bonds is 9. The van der Waals surface area contributed by atoms with Crippen molar-refractivity contribution >= 4 is 0 Å². The molecule has 124 valence electrons. The molecular formula is C20H29FN2+2. The van der Waals surface area contributed by atoms with Crippen LogP contribution in [0, 0.1) is 5.82 Å². The number of hydrogen-bond acceptors (Lipinski definition) is 0. The molecule has 2 rings (SSSR count). The Morgan fingerprint density at radius 1 is 0.783 bits per heavy atom. The van der Waals surface area contributed by atoms with E-state index in [0.29, 0.717) is 5.56 Å². The highest BCUT2D eigenvalue weighted by Gasteiger charge is 2.12. The van der Waals surface area contributed by atoms with Crippen LogP contribution in [0.4, 0.5) is 4.39 Å². The minimum atomic E-state index is -0.146. The molecule has 23 heavy (non-hydrogen) atoms. The number of halogens is 1. The van der Waals surface area contributed by atoms with Gasteiger partial charge in [0.25, 0.3) is 0 Å². The third-order valence-electron chi connectivity index (χ3n) is 4.21. The van der Waals surface area contributed by atoms with Gasteiger partial charge >= 0.3 is 0 Å². The Bertz CT molecular complexity index is 593. The van der Waals surface area contributed by atoms with Crippen molar-refractivity contribution in [1.29, 1.82) is 0 Å². The topological polar surface area (TPSA) is 7.76 Å². The van der Waals surface area contributed by atoms with E-state index in [2.05, 4.69) is 18.4 Å². The fourth-order valence-electron chi connectivity index (χ4n) is 2.76. The predicted molar refractivity (Wildman–Crippen MR) is 91.3 cm³/mol. The lowest BCUT2D eigenvalue weighted by molar-refractivity contribution is -0.698. The summed E-state index contributed by atoms with van der Waals surface area (Å²) in [6.07, 6.45) is 14.8. The lowest BCUT2D eigenvalue weighted by Crippen LogP contribution is -2.33. The van der Waals surface area contributed by atoms with Crippen LogP contribution in [0.3, 0.4) is 0 Å². The highest BCUT2D eigenvalue weighted by atomic mass is 19.1. The first-order valence-corrected chi connectivity index (χ1v) is 8.92. The van der Waals surface area contributed by atoms with Crippen LogP contribution in [0.2, 0.25) is 0 Å². The molecule has 3 heteroatoms. The largest absolute Gasteiger partial charge is 0.205 e. The number of pyridine rings is 2. The van der Waals surface area contributed by atoms with Gasteiger partial charge < -0.3 is 0 Å². The Morgan fingerprint density at radius 2 is 1.35 bits per heavy atom. The van der Waals surface area contributed by atoms with E-state index in [1.165, 1.54) is 32.1 Å². The van der Waals surface area contributed by atoms with Crippen molar-refractivity contribution in [2.45, 2.75) is 65.5 Å². The number of nitrogens with zero attached hydrogens (tertiary/aromatic N) is 2. The second-order valence-electron chi connectivity index (χ2n) is 6.18. The molecule has 2 nitrogen and oxygen atoms in total. The van der Waals surface area contributed by atoms with Crippen LogP contribution >= 0.6 is 0 Å². The molecule has 0 N–H and O–H groups in total. The molecular weight excluding hydrogens is 287 g/mol. The Balaban J connectivity index is 2.03. The molecule has 0 spiro atoms. The zero-order valence-electron chi connectivity index (χ0n) is 14.5. The van der Waals surface area contributed by atoms with Gasteiger partial charge in [-0.05, 0) is 18.4 Å². The Morgan fingerprint density at radius 3 is 1.91 bits per heavy atom. The first kappa shape index (κ1) is 17.6. The van der Waals surface area contributed by atoms with E-state index in [1.54, 1.807) is 6.20 Å². The summed E-state index contributed by atoms with van der Waals surface area (Å²) in [6, 6.07) is 5.90. The summed E-state index contributed by atoms with van der Waals surface area (Å²) in [6.45, 7) is 6.30. The summed E-state index contributed by atoms with van der Waals surface area (Å²) < 4.78 is 18.5. The van der Waals surface area contributed by atoms with Gasteiger partial charge in [-0.2, -0.15) is 4.39 Å². The van der Waals surface area contributed by atoms with Gasteiger partial charge in [-0.3, -0.25) is 0 Å². The highest BCUT2D eigenvalue weighted by molar-refractivity contribution is 5.61. The molecule has 0 aliphatic rings. The standard InChI is InChI=1S/C20H29FN2/c1-3-5-7-12-22-14-9-18(10-15-22)19-11-16-23(17-20(19)21)13-8-6-4-2/h9-11,14-17H,3-8,12-13H2,1-2H3/q+2. The second-order valence-corrected chi connectivity index (χ2v) is 6.18. The number of hydrogen-bond donors (Lipinski definition) is 0. The maximum Gasteiger partial charge on any atom is 0.205 e. The molecule has 2 heterocycles. The van der Waals surface area contributed by atoms with Crippen LogP contribution in [0.1, 0.15) is 52.4 Å². The van der Waals surface area contributed by atoms with Gasteiger partial charge in [-0.15, -0.1) is 0 Å². The van der Waals surface area contributed by atoms with E-state index in [0.717, 1.165) is 25.1 Å². The van der Waals surface area contributed by atoms with Crippen LogP contribution in [-0.2, 0) is 13.1 Å². The van der Waals surface area contributed by atoms with Gasteiger partial charge in [0, 0.05) is 36.6 Å². The van der Waals surface area contributed by atoms with Crippen molar-refractivity contribution in [3.8, 4) is 11.1 Å². The zero-order chi connectivity index (χ0) is 16.5. The molecule has 2 aromatic heterocycles. The number of aryl methyl sites for hydroxylation is 2. The van der Waals surface area contributed by atoms with Crippen LogP contribution < -0.4 is 9.13 Å². The molecule has 0 bridgehead atoms. The molecule has 0 aliphatic carbocycles. The van der Waals surface area contributed by atoms with Gasteiger partial charge in [0.15, 0.2) is 24.4 Å². The van der Waals surface area contributed by atoms with E-state index in [4.69, 9.17) is 0 Å². The molecule has 0 amide bonds. The molecule has 0 aromatic carbocycles. The molecule has 0 aliphatic heterocycles. The normalized spacial score (nSPS) is 10.9. The van der Waals surface area contributed by atoms with E-state index in [-0.39, 0.29) is 5.82 Å². The molecule has 0 saturated heterocycles. The maximum absolute atomic E-state index is 14.4. The third kappa shape index (κ3) is 5.42. The average molecular weight is 316 g/mol. The zero-order valence-corrected chi connectivity index (χ0v) is 14.5. The molecule has 0 atom stereocenters. The second kappa shape index (κ2) is 9.39. The maximum atomic E-state index is 14.4. The fourth-order valence-corrected chi connectivity index (χ4v) is 2.76. The van der Waals surface area contributed by atoms with E-state index in [9.17, 15) is 4.39 Å². The smallest absolute Gasteiger partial charge is 0.205 e. The highest BCUT2D eigenvalue weighted by Crippen LogP contribution is 2.19. The summed E-state index contributed by atoms with van der Waals surface area (Å²) in [5, 5.41) is 0. The van der Waals surface area contributed by atoms with E-state index in [1.807, 2.05) is 41.4 Å². The van der Waals surface area contributed by atoms with E-state index >= 15 is 0 Å². The van der Waals surface area contributed by atoms with Crippen LogP contribution in [-0.4, -0.2) is 0 Å². The minimum absolute atomic E-state index is 0.146. The van der Waals surface area contributed by atoms with Crippen molar-refractivity contribution in [3.05, 3.63) is 48.8 Å². The third-order valence-corrected chi connectivity index (χ3v) is 4.21. The summed E-state index contributed by atoms with van der Waals surface area (Å²) in [5.74, 6) is -0.146. The van der Waals surface area contributed by atoms with Gasteiger partial charge in [-0.25, -0.2) is 9.13 Å². The van der Waals surface area contributed by atoms with Crippen molar-refractivity contribution in [3.63, 3.8) is 0 Å². The Hall–Kier alpha value is -1.77. The number of unbranched alkanes of at least 4 members (excludes halogenated alkanes) is 4. The van der Waals surface area contributed by atoms with Crippen molar-refractivity contribution in [2.75, 3.05) is 0 Å². The number of aromatic nitrogens is 2. The Kier molecular flexibility index (Phi) is 7.18. The van der Waals surface area contributed by atoms with Gasteiger partial charge in [-0.1, -0.05) is 26.7 Å². The Labute approximate surface area is 139 Å². The summed E-state index contributed by atoms with van der Waals surface area (Å²) in [5.41, 5.74) is 1.62. The molecule has 0 unspecified atom stereocenters. The molecule has 2 aromatic rings. The van der Waals surface area contributed by atoms with E-state index < -0.39 is 0 Å². The van der Waals surface area contributed by atoms with Crippen LogP contribution in [0.15, 0.2) is 43.0 Å². The molecule has 0 radical (unpaired) electrons. The lowest BCUT2D eigenvalue weighted by atomic mass is 10.1. The first-order valence-electron chi connectivity index (χ1n) is 8.92. The first-order chi connectivity index (χ1) is 11.2. The van der Waals surface area contributed by atoms with Gasteiger partial charge in [0.2, 0.25) is 6.20 Å². The van der Waals surface area contributed by atoms with Crippen molar-refractivity contribution < 1.29 is 13.5 Å². The monoisotopic (exact) mass is 316 g/mol.